The number of carbonyl (C=O) groups is 1. The summed E-state index contributed by atoms with van der Waals surface area (Å²) in [6.07, 6.45) is 0.0433. The molecule has 0 aliphatic rings. The molecule has 4 nitrogen and oxygen atoms in total. The summed E-state index contributed by atoms with van der Waals surface area (Å²) in [6.45, 7) is 0. The van der Waals surface area contributed by atoms with Crippen molar-refractivity contribution in [1.29, 1.82) is 0 Å². The summed E-state index contributed by atoms with van der Waals surface area (Å²) >= 11 is 0. The molecule has 1 aromatic carbocycles. The van der Waals surface area contributed by atoms with E-state index in [0.717, 1.165) is 12.1 Å². The number of pyridine rings is 1. The minimum Gasteiger partial charge on any atom is -0.289 e. The molecule has 0 spiro atoms. The van der Waals surface area contributed by atoms with Gasteiger partial charge in [0, 0.05) is 17.1 Å². The van der Waals surface area contributed by atoms with E-state index in [1.165, 1.54) is 23.6 Å². The van der Waals surface area contributed by atoms with E-state index in [2.05, 4.69) is 4.98 Å². The number of hydrogen-bond acceptors (Lipinski definition) is 3. The molecule has 1 amide bonds. The molecule has 0 bridgehead atoms. The number of benzene rings is 1. The number of nitrogens with one attached hydrogen (secondary N) is 1. The highest BCUT2D eigenvalue weighted by Crippen LogP contribution is 2.29. The van der Waals surface area contributed by atoms with Crippen molar-refractivity contribution in [2.75, 3.05) is 0 Å². The Morgan fingerprint density at radius 3 is 2.94 bits per heavy atom. The van der Waals surface area contributed by atoms with Crippen LogP contribution in [0.1, 0.15) is 6.93 Å². The molecule has 0 atom stereocenters. The summed E-state index contributed by atoms with van der Waals surface area (Å²) in [4.78, 5) is 14.9. The van der Waals surface area contributed by atoms with Gasteiger partial charge in [-0.05, 0) is 18.2 Å². The van der Waals surface area contributed by atoms with Gasteiger partial charge >= 0.3 is 11.8 Å². The largest absolute Gasteiger partial charge is 0.351 e. The Morgan fingerprint density at radius 2 is 2.24 bits per heavy atom. The predicted octanol–water partition coefficient (Wildman–Crippen LogP) is 1.32. The maximum absolute atomic E-state index is 13.6. The van der Waals surface area contributed by atoms with E-state index in [-0.39, 0.29) is 6.17 Å². The highest BCUT2D eigenvalue weighted by atomic mass is 19.3. The fourth-order valence-electron chi connectivity index (χ4n) is 1.44. The van der Waals surface area contributed by atoms with E-state index in [1.807, 2.05) is 0 Å². The van der Waals surface area contributed by atoms with Crippen molar-refractivity contribution in [3.8, 4) is 0 Å². The lowest BCUT2D eigenvalue weighted by Gasteiger charge is -2.14. The average molecular weight is 238 g/mol. The molecule has 17 heavy (non-hydrogen) atoms. The molecule has 0 radical (unpaired) electrons. The van der Waals surface area contributed by atoms with Crippen molar-refractivity contribution >= 4 is 16.8 Å². The molecule has 1 heterocycles. The summed E-state index contributed by atoms with van der Waals surface area (Å²) in [5, 5.41) is 0.424. The molecule has 0 aliphatic heterocycles. The van der Waals surface area contributed by atoms with Crippen LogP contribution in [-0.2, 0) is 10.7 Å². The van der Waals surface area contributed by atoms with Crippen molar-refractivity contribution in [3.63, 3.8) is 0 Å². The van der Waals surface area contributed by atoms with E-state index in [0.29, 0.717) is 10.9 Å². The Labute approximate surface area is 96.8 Å². The molecule has 0 aliphatic carbocycles. The van der Waals surface area contributed by atoms with Crippen LogP contribution in [0.2, 0.25) is 0 Å². The Balaban J connectivity index is 2.54. The topological polar surface area (TPSA) is 68.0 Å². The standard InChI is InChI=1S/C11H9F2N3O/c12-11(13,10(17)16-14)8-3-4-9-7(6-8)2-1-5-15-9/h1-6H,14H2,(H,16,17)/i5D. The molecular weight excluding hydrogens is 228 g/mol. The molecule has 0 fully saturated rings. The monoisotopic (exact) mass is 238 g/mol. The van der Waals surface area contributed by atoms with Gasteiger partial charge in [-0.2, -0.15) is 8.78 Å². The number of rotatable bonds is 2. The summed E-state index contributed by atoms with van der Waals surface area (Å²) in [6, 6.07) is 6.44. The molecule has 3 N–H and O–H groups in total. The lowest BCUT2D eigenvalue weighted by molar-refractivity contribution is -0.147. The van der Waals surface area contributed by atoms with Gasteiger partial charge in [0.05, 0.1) is 6.89 Å². The molecular formula is C11H9F2N3O. The van der Waals surface area contributed by atoms with Crippen LogP contribution in [0.3, 0.4) is 0 Å². The van der Waals surface area contributed by atoms with Crippen molar-refractivity contribution in [2.45, 2.75) is 5.92 Å². The third-order valence-corrected chi connectivity index (χ3v) is 2.33. The van der Waals surface area contributed by atoms with Crippen LogP contribution < -0.4 is 11.3 Å². The second-order valence-electron chi connectivity index (χ2n) is 3.40. The number of halogens is 2. The van der Waals surface area contributed by atoms with Gasteiger partial charge in [-0.1, -0.05) is 12.1 Å². The Hall–Kier alpha value is -2.08. The van der Waals surface area contributed by atoms with Crippen molar-refractivity contribution in [1.82, 2.24) is 10.4 Å². The van der Waals surface area contributed by atoms with Gasteiger partial charge in [-0.3, -0.25) is 15.2 Å². The fraction of sp³-hybridized carbons (Fsp3) is 0.0909. The summed E-state index contributed by atoms with van der Waals surface area (Å²) in [5.74, 6) is -0.571. The number of aromatic nitrogens is 1. The highest BCUT2D eigenvalue weighted by molar-refractivity contribution is 5.86. The lowest BCUT2D eigenvalue weighted by atomic mass is 10.1. The molecule has 0 unspecified atom stereocenters. The second-order valence-corrected chi connectivity index (χ2v) is 3.40. The van der Waals surface area contributed by atoms with Crippen LogP contribution in [0.25, 0.3) is 10.9 Å². The third-order valence-electron chi connectivity index (χ3n) is 2.33. The molecule has 1 aromatic heterocycles. The number of hydrogen-bond donors (Lipinski definition) is 2. The SMILES string of the molecule is [2H]c1ccc2cc(C(F)(F)C(=O)NN)ccc2n1. The van der Waals surface area contributed by atoms with Gasteiger partial charge in [0.25, 0.3) is 0 Å². The predicted molar refractivity (Wildman–Crippen MR) is 58.0 cm³/mol. The third kappa shape index (κ3) is 1.94. The smallest absolute Gasteiger partial charge is 0.289 e. The van der Waals surface area contributed by atoms with Gasteiger partial charge in [-0.25, -0.2) is 5.84 Å². The summed E-state index contributed by atoms with van der Waals surface area (Å²) in [5.41, 5.74) is 1.36. The van der Waals surface area contributed by atoms with Gasteiger partial charge in [-0.15, -0.1) is 0 Å². The normalized spacial score (nSPS) is 12.3. The maximum atomic E-state index is 13.6. The number of hydrazine groups is 1. The molecule has 0 saturated heterocycles. The zero-order chi connectivity index (χ0) is 13.3. The number of nitrogens with two attached hydrogens (primary N) is 1. The molecule has 0 saturated carbocycles. The minimum absolute atomic E-state index is 0.0433. The number of nitrogens with zero attached hydrogens (tertiary/aromatic N) is 1. The molecule has 2 rings (SSSR count). The summed E-state index contributed by atoms with van der Waals surface area (Å²) < 4.78 is 34.5. The number of alkyl halides is 2. The first-order valence-corrected chi connectivity index (χ1v) is 4.72. The van der Waals surface area contributed by atoms with Gasteiger partial charge in [0.2, 0.25) is 0 Å². The second kappa shape index (κ2) is 4.06. The first kappa shape index (κ1) is 10.1. The van der Waals surface area contributed by atoms with Gasteiger partial charge in [0.15, 0.2) is 0 Å². The van der Waals surface area contributed by atoms with E-state index < -0.39 is 17.4 Å². The van der Waals surface area contributed by atoms with Crippen molar-refractivity contribution in [3.05, 3.63) is 42.1 Å². The first-order chi connectivity index (χ1) is 8.45. The average Bonchev–Trinajstić information content (AvgIpc) is 2.36. The lowest BCUT2D eigenvalue weighted by Crippen LogP contribution is -2.41. The Morgan fingerprint density at radius 1 is 1.47 bits per heavy atom. The van der Waals surface area contributed by atoms with Crippen LogP contribution in [0.5, 0.6) is 0 Å². The first-order valence-electron chi connectivity index (χ1n) is 5.22. The van der Waals surface area contributed by atoms with Crippen LogP contribution in [-0.4, -0.2) is 10.9 Å². The van der Waals surface area contributed by atoms with Crippen LogP contribution in [0.4, 0.5) is 8.78 Å². The van der Waals surface area contributed by atoms with Crippen molar-refractivity contribution in [2.24, 2.45) is 5.84 Å². The van der Waals surface area contributed by atoms with Crippen LogP contribution in [0, 0.1) is 0 Å². The summed E-state index contributed by atoms with van der Waals surface area (Å²) in [7, 11) is 0. The molecule has 6 heteroatoms. The highest BCUT2D eigenvalue weighted by Gasteiger charge is 2.40. The molecule has 2 aromatic rings. The van der Waals surface area contributed by atoms with E-state index in [1.54, 1.807) is 0 Å². The number of fused-ring (bicyclic) bond motifs is 1. The zero-order valence-electron chi connectivity index (χ0n) is 9.58. The van der Waals surface area contributed by atoms with Crippen molar-refractivity contribution < 1.29 is 14.9 Å². The zero-order valence-corrected chi connectivity index (χ0v) is 8.58. The van der Waals surface area contributed by atoms with Gasteiger partial charge < -0.3 is 0 Å². The molecule has 88 valence electrons. The van der Waals surface area contributed by atoms with E-state index in [9.17, 15) is 13.6 Å². The maximum Gasteiger partial charge on any atom is 0.351 e. The fourth-order valence-corrected chi connectivity index (χ4v) is 1.44. The Kier molecular flexibility index (Phi) is 2.41. The number of carbonyl (C=O) groups excluding carboxylic acids is 1. The number of amides is 1. The van der Waals surface area contributed by atoms with E-state index in [4.69, 9.17) is 7.21 Å². The van der Waals surface area contributed by atoms with Gasteiger partial charge in [0.1, 0.15) is 0 Å². The Bertz CT molecular complexity index is 618. The van der Waals surface area contributed by atoms with Crippen LogP contribution in [0.15, 0.2) is 36.5 Å². The van der Waals surface area contributed by atoms with E-state index >= 15 is 0 Å². The minimum atomic E-state index is -3.71. The van der Waals surface area contributed by atoms with Crippen LogP contribution >= 0.6 is 0 Å². The quantitative estimate of drug-likeness (QED) is 0.471.